The Morgan fingerprint density at radius 1 is 0.842 bits per heavy atom. The molecule has 0 aliphatic heterocycles. The number of benzene rings is 2. The fourth-order valence-electron chi connectivity index (χ4n) is 2.02. The smallest absolute Gasteiger partial charge is 0.0616 e. The van der Waals surface area contributed by atoms with Crippen LogP contribution in [0.1, 0.15) is 12.8 Å². The summed E-state index contributed by atoms with van der Waals surface area (Å²) in [6.45, 7) is 0. The van der Waals surface area contributed by atoms with Crippen molar-refractivity contribution in [2.75, 3.05) is 5.88 Å². The van der Waals surface area contributed by atoms with Crippen LogP contribution < -0.4 is 10.6 Å². The van der Waals surface area contributed by atoms with E-state index >= 15 is 0 Å². The van der Waals surface area contributed by atoms with E-state index in [1.807, 2.05) is 12.1 Å². The van der Waals surface area contributed by atoms with E-state index in [0.717, 1.165) is 12.8 Å². The first kappa shape index (κ1) is 14.9. The molecule has 0 amide bonds. The van der Waals surface area contributed by atoms with Crippen LogP contribution in [0, 0.1) is 0 Å². The number of rotatable bonds is 6. The fraction of sp³-hybridized carbons (Fsp3) is 0.250. The average Bonchev–Trinajstić information content (AvgIpc) is 2.47. The van der Waals surface area contributed by atoms with Crippen LogP contribution in [0.15, 0.2) is 60.7 Å². The van der Waals surface area contributed by atoms with Crippen molar-refractivity contribution in [2.45, 2.75) is 18.0 Å². The van der Waals surface area contributed by atoms with Crippen molar-refractivity contribution < 1.29 is 0 Å². The highest BCUT2D eigenvalue weighted by atomic mass is 35.5. The molecule has 0 spiro atoms. The molecule has 0 N–H and O–H groups in total. The molecular weight excluding hydrogens is 294 g/mol. The summed E-state index contributed by atoms with van der Waals surface area (Å²) < 4.78 is 0. The molecular formula is C16H17Cl2P. The van der Waals surface area contributed by atoms with Gasteiger partial charge in [-0.25, -0.2) is 0 Å². The Balaban J connectivity index is 2.29. The lowest BCUT2D eigenvalue weighted by Gasteiger charge is -2.23. The first-order valence-corrected chi connectivity index (χ1v) is 8.80. The fourth-order valence-corrected chi connectivity index (χ4v) is 5.38. The lowest BCUT2D eigenvalue weighted by atomic mass is 10.4. The van der Waals surface area contributed by atoms with Crippen molar-refractivity contribution in [1.29, 1.82) is 0 Å². The van der Waals surface area contributed by atoms with Crippen LogP contribution in [-0.2, 0) is 0 Å². The van der Waals surface area contributed by atoms with Gasteiger partial charge in [0, 0.05) is 5.88 Å². The quantitative estimate of drug-likeness (QED) is 0.536. The monoisotopic (exact) mass is 310 g/mol. The lowest BCUT2D eigenvalue weighted by Crippen LogP contribution is -2.18. The molecule has 0 aliphatic carbocycles. The molecule has 1 unspecified atom stereocenters. The molecule has 2 aromatic carbocycles. The van der Waals surface area contributed by atoms with E-state index in [-0.39, 0.29) is 5.12 Å². The third-order valence-electron chi connectivity index (χ3n) is 2.92. The van der Waals surface area contributed by atoms with Gasteiger partial charge >= 0.3 is 0 Å². The van der Waals surface area contributed by atoms with Crippen molar-refractivity contribution in [1.82, 2.24) is 0 Å². The largest absolute Gasteiger partial charge is 0.127 e. The van der Waals surface area contributed by atoms with Crippen LogP contribution in [0.2, 0.25) is 0 Å². The van der Waals surface area contributed by atoms with E-state index in [1.165, 1.54) is 10.6 Å². The summed E-state index contributed by atoms with van der Waals surface area (Å²) in [5.74, 6) is 0.677. The van der Waals surface area contributed by atoms with E-state index < -0.39 is 7.92 Å². The second-order valence-corrected chi connectivity index (χ2v) is 7.91. The van der Waals surface area contributed by atoms with Crippen LogP contribution in [0.4, 0.5) is 0 Å². The minimum Gasteiger partial charge on any atom is -0.127 e. The predicted octanol–water partition coefficient (Wildman–Crippen LogP) is 4.70. The van der Waals surface area contributed by atoms with Crippen molar-refractivity contribution in [2.24, 2.45) is 0 Å². The Hall–Kier alpha value is -0.550. The standard InChI is InChI=1S/C16H17Cl2P/c17-13-7-12-16(18)19(14-8-3-1-4-9-14)15-10-5-2-6-11-15/h1-6,8-11,16H,7,12-13H2. The third kappa shape index (κ3) is 4.21. The van der Waals surface area contributed by atoms with Gasteiger partial charge < -0.3 is 0 Å². The van der Waals surface area contributed by atoms with Crippen LogP contribution >= 0.6 is 31.1 Å². The van der Waals surface area contributed by atoms with Crippen LogP contribution in [0.5, 0.6) is 0 Å². The minimum atomic E-state index is -0.517. The minimum absolute atomic E-state index is 0.138. The number of halogens is 2. The summed E-state index contributed by atoms with van der Waals surface area (Å²) in [6.07, 6.45) is 1.93. The van der Waals surface area contributed by atoms with Crippen molar-refractivity contribution in [3.05, 3.63) is 60.7 Å². The van der Waals surface area contributed by atoms with Gasteiger partial charge in [-0.3, -0.25) is 0 Å². The summed E-state index contributed by atoms with van der Waals surface area (Å²) in [4.78, 5) is 0. The van der Waals surface area contributed by atoms with E-state index in [9.17, 15) is 0 Å². The first-order chi connectivity index (χ1) is 9.33. The van der Waals surface area contributed by atoms with Gasteiger partial charge in [0.15, 0.2) is 0 Å². The highest BCUT2D eigenvalue weighted by molar-refractivity contribution is 7.75. The molecule has 2 rings (SSSR count). The average molecular weight is 311 g/mol. The van der Waals surface area contributed by atoms with E-state index in [0.29, 0.717) is 5.88 Å². The summed E-state index contributed by atoms with van der Waals surface area (Å²) in [6, 6.07) is 21.1. The van der Waals surface area contributed by atoms with Crippen molar-refractivity contribution >= 4 is 41.7 Å². The topological polar surface area (TPSA) is 0 Å². The summed E-state index contributed by atoms with van der Waals surface area (Å²) >= 11 is 12.5. The lowest BCUT2D eigenvalue weighted by molar-refractivity contribution is 0.867. The molecule has 0 aromatic heterocycles. The molecule has 0 nitrogen and oxygen atoms in total. The molecule has 0 radical (unpaired) electrons. The van der Waals surface area contributed by atoms with Gasteiger partial charge in [0.25, 0.3) is 0 Å². The van der Waals surface area contributed by atoms with E-state index in [2.05, 4.69) is 48.5 Å². The van der Waals surface area contributed by atoms with E-state index in [1.54, 1.807) is 0 Å². The van der Waals surface area contributed by atoms with Gasteiger partial charge in [-0.2, -0.15) is 0 Å². The molecule has 0 saturated carbocycles. The zero-order valence-corrected chi connectivity index (χ0v) is 13.1. The maximum atomic E-state index is 6.66. The Labute approximate surface area is 126 Å². The van der Waals surface area contributed by atoms with Gasteiger partial charge in [-0.15, -0.1) is 23.2 Å². The molecule has 0 bridgehead atoms. The van der Waals surface area contributed by atoms with Crippen LogP contribution in [-0.4, -0.2) is 11.0 Å². The highest BCUT2D eigenvalue weighted by Crippen LogP contribution is 2.43. The summed E-state index contributed by atoms with van der Waals surface area (Å²) in [5, 5.41) is 2.80. The molecule has 0 heterocycles. The molecule has 0 fully saturated rings. The summed E-state index contributed by atoms with van der Waals surface area (Å²) in [5.41, 5.74) is 0. The Kier molecular flexibility index (Phi) is 6.17. The highest BCUT2D eigenvalue weighted by Gasteiger charge is 2.21. The predicted molar refractivity (Wildman–Crippen MR) is 88.7 cm³/mol. The first-order valence-electron chi connectivity index (χ1n) is 6.42. The molecule has 19 heavy (non-hydrogen) atoms. The Morgan fingerprint density at radius 2 is 1.32 bits per heavy atom. The number of hydrogen-bond acceptors (Lipinski definition) is 0. The van der Waals surface area contributed by atoms with Gasteiger partial charge in [0.2, 0.25) is 0 Å². The van der Waals surface area contributed by atoms with Crippen LogP contribution in [0.3, 0.4) is 0 Å². The van der Waals surface area contributed by atoms with Gasteiger partial charge in [-0.05, 0) is 31.4 Å². The van der Waals surface area contributed by atoms with Crippen LogP contribution in [0.25, 0.3) is 0 Å². The van der Waals surface area contributed by atoms with Gasteiger partial charge in [0.1, 0.15) is 0 Å². The SMILES string of the molecule is ClCCCC(Cl)P(c1ccccc1)c1ccccc1. The maximum absolute atomic E-state index is 6.66. The maximum Gasteiger partial charge on any atom is 0.0616 e. The second kappa shape index (κ2) is 7.90. The third-order valence-corrected chi connectivity index (χ3v) is 6.52. The zero-order valence-electron chi connectivity index (χ0n) is 10.7. The molecule has 0 aliphatic rings. The van der Waals surface area contributed by atoms with Crippen molar-refractivity contribution in [3.8, 4) is 0 Å². The van der Waals surface area contributed by atoms with Gasteiger partial charge in [-0.1, -0.05) is 60.7 Å². The second-order valence-electron chi connectivity index (χ2n) is 4.31. The molecule has 100 valence electrons. The summed E-state index contributed by atoms with van der Waals surface area (Å²) in [7, 11) is -0.517. The van der Waals surface area contributed by atoms with E-state index in [4.69, 9.17) is 23.2 Å². The Morgan fingerprint density at radius 3 is 1.74 bits per heavy atom. The molecule has 1 atom stereocenters. The molecule has 3 heteroatoms. The molecule has 2 aromatic rings. The molecule has 0 saturated heterocycles. The van der Waals surface area contributed by atoms with Crippen molar-refractivity contribution in [3.63, 3.8) is 0 Å². The zero-order chi connectivity index (χ0) is 13.5. The number of hydrogen-bond donors (Lipinski definition) is 0. The number of alkyl halides is 2. The Bertz CT molecular complexity index is 433. The normalized spacial score (nSPS) is 12.6. The van der Waals surface area contributed by atoms with Gasteiger partial charge in [0.05, 0.1) is 5.12 Å².